The fourth-order valence-corrected chi connectivity index (χ4v) is 3.17. The van der Waals surface area contributed by atoms with Crippen LogP contribution in [0, 0.1) is 12.8 Å². The zero-order chi connectivity index (χ0) is 15.6. The molecule has 2 atom stereocenters. The molecule has 21 heavy (non-hydrogen) atoms. The average molecular weight is 307 g/mol. The first kappa shape index (κ1) is 15.9. The molecule has 4 nitrogen and oxygen atoms in total. The Hall–Kier alpha value is -1.49. The lowest BCUT2D eigenvalue weighted by atomic mass is 9.91. The van der Waals surface area contributed by atoms with Crippen LogP contribution in [-0.2, 0) is 4.79 Å². The first-order valence-electron chi connectivity index (χ1n) is 7.12. The van der Waals surface area contributed by atoms with Gasteiger partial charge in [-0.15, -0.1) is 11.8 Å². The second-order valence-electron chi connectivity index (χ2n) is 5.66. The third-order valence-electron chi connectivity index (χ3n) is 4.09. The summed E-state index contributed by atoms with van der Waals surface area (Å²) in [5.41, 5.74) is 1.50. The Balaban J connectivity index is 2.31. The minimum Gasteiger partial charge on any atom is -0.480 e. The van der Waals surface area contributed by atoms with Gasteiger partial charge in [-0.05, 0) is 49.6 Å². The number of carboxylic acids is 1. The van der Waals surface area contributed by atoms with E-state index in [4.69, 9.17) is 0 Å². The van der Waals surface area contributed by atoms with E-state index in [1.54, 1.807) is 11.8 Å². The molecule has 0 spiro atoms. The molecule has 1 aliphatic rings. The van der Waals surface area contributed by atoms with Crippen LogP contribution in [0.1, 0.15) is 35.7 Å². The Morgan fingerprint density at radius 2 is 2.10 bits per heavy atom. The van der Waals surface area contributed by atoms with E-state index in [0.717, 1.165) is 16.9 Å². The molecule has 0 bridgehead atoms. The maximum absolute atomic E-state index is 12.8. The van der Waals surface area contributed by atoms with Gasteiger partial charge in [0.2, 0.25) is 0 Å². The van der Waals surface area contributed by atoms with Gasteiger partial charge in [-0.1, -0.05) is 13.0 Å². The molecule has 114 valence electrons. The molecular formula is C16H21NO3S. The Labute approximate surface area is 129 Å². The third kappa shape index (κ3) is 3.40. The molecule has 0 aromatic heterocycles. The van der Waals surface area contributed by atoms with E-state index in [2.05, 4.69) is 0 Å². The molecule has 1 aromatic rings. The highest BCUT2D eigenvalue weighted by molar-refractivity contribution is 7.98. The molecule has 0 aliphatic carbocycles. The van der Waals surface area contributed by atoms with Crippen LogP contribution in [-0.4, -0.2) is 40.7 Å². The van der Waals surface area contributed by atoms with Gasteiger partial charge in [0.1, 0.15) is 6.04 Å². The fourth-order valence-electron chi connectivity index (χ4n) is 2.73. The molecule has 5 heteroatoms. The molecule has 1 saturated heterocycles. The number of thioether (sulfide) groups is 1. The van der Waals surface area contributed by atoms with Crippen LogP contribution >= 0.6 is 11.8 Å². The van der Waals surface area contributed by atoms with Crippen molar-refractivity contribution >= 4 is 23.6 Å². The second-order valence-corrected chi connectivity index (χ2v) is 6.54. The predicted molar refractivity (Wildman–Crippen MR) is 83.8 cm³/mol. The summed E-state index contributed by atoms with van der Waals surface area (Å²) in [5, 5.41) is 9.39. The van der Waals surface area contributed by atoms with Crippen LogP contribution in [0.25, 0.3) is 0 Å². The summed E-state index contributed by atoms with van der Waals surface area (Å²) in [6, 6.07) is 5.04. The van der Waals surface area contributed by atoms with Crippen LogP contribution in [0.2, 0.25) is 0 Å². The second kappa shape index (κ2) is 6.52. The number of amides is 1. The lowest BCUT2D eigenvalue weighted by Crippen LogP contribution is -2.49. The number of carbonyl (C=O) groups excluding carboxylic acids is 1. The smallest absolute Gasteiger partial charge is 0.326 e. The molecule has 1 aliphatic heterocycles. The average Bonchev–Trinajstić information content (AvgIpc) is 2.47. The van der Waals surface area contributed by atoms with E-state index in [1.165, 1.54) is 4.90 Å². The zero-order valence-corrected chi connectivity index (χ0v) is 13.4. The molecule has 1 aromatic carbocycles. The van der Waals surface area contributed by atoms with Crippen LogP contribution in [0.4, 0.5) is 0 Å². The van der Waals surface area contributed by atoms with Crippen molar-refractivity contribution in [1.29, 1.82) is 0 Å². The molecule has 2 rings (SSSR count). The molecule has 1 N–H and O–H groups in total. The summed E-state index contributed by atoms with van der Waals surface area (Å²) in [7, 11) is 0. The van der Waals surface area contributed by atoms with Crippen molar-refractivity contribution in [3.63, 3.8) is 0 Å². The van der Waals surface area contributed by atoms with Crippen molar-refractivity contribution in [3.05, 3.63) is 29.3 Å². The summed E-state index contributed by atoms with van der Waals surface area (Å²) >= 11 is 1.58. The van der Waals surface area contributed by atoms with Crippen molar-refractivity contribution in [1.82, 2.24) is 4.90 Å². The maximum Gasteiger partial charge on any atom is 0.326 e. The minimum absolute atomic E-state index is 0.164. The topological polar surface area (TPSA) is 57.6 Å². The summed E-state index contributed by atoms with van der Waals surface area (Å²) in [4.78, 5) is 26.8. The Morgan fingerprint density at radius 3 is 2.71 bits per heavy atom. The van der Waals surface area contributed by atoms with E-state index in [-0.39, 0.29) is 5.91 Å². The number of nitrogens with zero attached hydrogens (tertiary/aromatic N) is 1. The number of hydrogen-bond donors (Lipinski definition) is 1. The molecule has 1 heterocycles. The lowest BCUT2D eigenvalue weighted by molar-refractivity contribution is -0.144. The van der Waals surface area contributed by atoms with E-state index in [9.17, 15) is 14.7 Å². The molecule has 0 saturated carbocycles. The summed E-state index contributed by atoms with van der Waals surface area (Å²) < 4.78 is 0. The van der Waals surface area contributed by atoms with Gasteiger partial charge in [0.15, 0.2) is 0 Å². The number of carbonyl (C=O) groups is 2. The normalized spacial score (nSPS) is 22.1. The van der Waals surface area contributed by atoms with Gasteiger partial charge in [0.25, 0.3) is 5.91 Å². The van der Waals surface area contributed by atoms with Gasteiger partial charge < -0.3 is 10.0 Å². The molecule has 1 amide bonds. The highest BCUT2D eigenvalue weighted by atomic mass is 32.2. The quantitative estimate of drug-likeness (QED) is 0.872. The number of rotatable bonds is 3. The van der Waals surface area contributed by atoms with Gasteiger partial charge in [-0.3, -0.25) is 4.79 Å². The highest BCUT2D eigenvalue weighted by Crippen LogP contribution is 2.26. The lowest BCUT2D eigenvalue weighted by Gasteiger charge is -2.36. The van der Waals surface area contributed by atoms with Gasteiger partial charge in [0.05, 0.1) is 0 Å². The van der Waals surface area contributed by atoms with Gasteiger partial charge in [-0.2, -0.15) is 0 Å². The molecule has 2 unspecified atom stereocenters. The largest absolute Gasteiger partial charge is 0.480 e. The SMILES string of the molecule is CSc1ccc(C)c(C(=O)N2CCC(C)CC2C(=O)O)c1. The van der Waals surface area contributed by atoms with Crippen molar-refractivity contribution in [2.75, 3.05) is 12.8 Å². The highest BCUT2D eigenvalue weighted by Gasteiger charge is 2.35. The Morgan fingerprint density at radius 1 is 1.38 bits per heavy atom. The number of likely N-dealkylation sites (tertiary alicyclic amines) is 1. The first-order chi connectivity index (χ1) is 9.93. The van der Waals surface area contributed by atoms with E-state index >= 15 is 0 Å². The van der Waals surface area contributed by atoms with Crippen LogP contribution in [0.5, 0.6) is 0 Å². The van der Waals surface area contributed by atoms with Crippen molar-refractivity contribution in [3.8, 4) is 0 Å². The van der Waals surface area contributed by atoms with Crippen LogP contribution in [0.3, 0.4) is 0 Å². The monoisotopic (exact) mass is 307 g/mol. The number of piperidine rings is 1. The molecule has 1 fully saturated rings. The summed E-state index contributed by atoms with van der Waals surface area (Å²) in [5.74, 6) is -0.731. The van der Waals surface area contributed by atoms with Gasteiger partial charge in [-0.25, -0.2) is 4.79 Å². The van der Waals surface area contributed by atoms with Crippen molar-refractivity contribution in [2.24, 2.45) is 5.92 Å². The Bertz CT molecular complexity index is 558. The number of aliphatic carboxylic acids is 1. The van der Waals surface area contributed by atoms with E-state index in [0.29, 0.717) is 24.4 Å². The number of benzene rings is 1. The molecular weight excluding hydrogens is 286 g/mol. The Kier molecular flexibility index (Phi) is 4.93. The number of carboxylic acid groups (broad SMARTS) is 1. The standard InChI is InChI=1S/C16H21NO3S/c1-10-6-7-17(14(8-10)16(19)20)15(18)13-9-12(21-3)5-4-11(13)2/h4-5,9-10,14H,6-8H2,1-3H3,(H,19,20). The summed E-state index contributed by atoms with van der Waals surface area (Å²) in [6.45, 7) is 4.44. The first-order valence-corrected chi connectivity index (χ1v) is 8.35. The van der Waals surface area contributed by atoms with Crippen molar-refractivity contribution in [2.45, 2.75) is 37.6 Å². The summed E-state index contributed by atoms with van der Waals surface area (Å²) in [6.07, 6.45) is 3.35. The van der Waals surface area contributed by atoms with Crippen LogP contribution < -0.4 is 0 Å². The zero-order valence-electron chi connectivity index (χ0n) is 12.6. The van der Waals surface area contributed by atoms with E-state index < -0.39 is 12.0 Å². The van der Waals surface area contributed by atoms with Crippen molar-refractivity contribution < 1.29 is 14.7 Å². The minimum atomic E-state index is -0.909. The van der Waals surface area contributed by atoms with E-state index in [1.807, 2.05) is 38.3 Å². The number of hydrogen-bond acceptors (Lipinski definition) is 3. The maximum atomic E-state index is 12.8. The third-order valence-corrected chi connectivity index (χ3v) is 4.81. The fraction of sp³-hybridized carbons (Fsp3) is 0.500. The predicted octanol–water partition coefficient (Wildman–Crippen LogP) is 3.04. The number of aryl methyl sites for hydroxylation is 1. The van der Waals surface area contributed by atoms with Gasteiger partial charge in [0, 0.05) is 17.0 Å². The van der Waals surface area contributed by atoms with Gasteiger partial charge >= 0.3 is 5.97 Å². The molecule has 0 radical (unpaired) electrons. The van der Waals surface area contributed by atoms with Crippen LogP contribution in [0.15, 0.2) is 23.1 Å².